The Bertz CT molecular complexity index is 489. The van der Waals surface area contributed by atoms with Gasteiger partial charge in [0.05, 0.1) is 11.0 Å². The Balaban J connectivity index is 5.21. The van der Waals surface area contributed by atoms with Crippen molar-refractivity contribution < 1.29 is 21.6 Å². The third kappa shape index (κ3) is 4.58. The number of nitrogens with two attached hydrogens (primary N) is 1. The highest BCUT2D eigenvalue weighted by Gasteiger charge is 2.28. The Hall–Kier alpha value is -1.15. The van der Waals surface area contributed by atoms with Crippen molar-refractivity contribution >= 4 is 25.6 Å². The molecule has 0 aromatic carbocycles. The van der Waals surface area contributed by atoms with Gasteiger partial charge in [0, 0.05) is 17.2 Å². The first kappa shape index (κ1) is 14.8. The van der Waals surface area contributed by atoms with E-state index in [4.69, 9.17) is 5.73 Å². The zero-order chi connectivity index (χ0) is 13.0. The fourth-order valence-electron chi connectivity index (χ4n) is 0.958. The van der Waals surface area contributed by atoms with Crippen molar-refractivity contribution in [3.05, 3.63) is 24.0 Å². The Morgan fingerprint density at radius 1 is 1.19 bits per heavy atom. The summed E-state index contributed by atoms with van der Waals surface area (Å²) in [5.41, 5.74) is 4.85. The van der Waals surface area contributed by atoms with Gasteiger partial charge in [0.15, 0.2) is 19.7 Å². The van der Waals surface area contributed by atoms with Crippen LogP contribution in [0.1, 0.15) is 6.42 Å². The Morgan fingerprint density at radius 2 is 1.69 bits per heavy atom. The molecule has 92 valence electrons. The van der Waals surface area contributed by atoms with Gasteiger partial charge in [-0.3, -0.25) is 4.79 Å². The highest BCUT2D eigenvalue weighted by atomic mass is 32.2. The third-order valence-electron chi connectivity index (χ3n) is 1.80. The average molecular weight is 267 g/mol. The summed E-state index contributed by atoms with van der Waals surface area (Å²) in [6.07, 6.45) is -0.568. The minimum Gasteiger partial charge on any atom is -0.370 e. The Kier molecular flexibility index (Phi) is 4.88. The van der Waals surface area contributed by atoms with Gasteiger partial charge >= 0.3 is 0 Å². The van der Waals surface area contributed by atoms with Crippen LogP contribution in [0.25, 0.3) is 0 Å². The molecule has 16 heavy (non-hydrogen) atoms. The molecule has 1 atom stereocenters. The topological polar surface area (TPSA) is 111 Å². The van der Waals surface area contributed by atoms with Crippen LogP contribution in [0.4, 0.5) is 0 Å². The predicted molar refractivity (Wildman–Crippen MR) is 60.7 cm³/mol. The normalized spacial score (nSPS) is 14.0. The molecule has 0 heterocycles. The lowest BCUT2D eigenvalue weighted by Gasteiger charge is -2.12. The molecular formula is C8H13NO5S2. The molecule has 0 radical (unpaired) electrons. The van der Waals surface area contributed by atoms with Crippen molar-refractivity contribution in [1.29, 1.82) is 0 Å². The van der Waals surface area contributed by atoms with Crippen LogP contribution in [-0.4, -0.2) is 33.7 Å². The highest BCUT2D eigenvalue weighted by molar-refractivity contribution is 7.98. The standard InChI is InChI=1S/C8H13NO5S2/c1-3-15(11,12)6-7(5-8(9)10)16(13,14)4-2/h3-4,7H,1-2,5-6H2,(H2,9,10). The molecule has 8 heteroatoms. The molecule has 1 unspecified atom stereocenters. The number of hydrogen-bond acceptors (Lipinski definition) is 5. The van der Waals surface area contributed by atoms with E-state index in [0.29, 0.717) is 10.8 Å². The molecule has 0 aromatic rings. The molecule has 2 N–H and O–H groups in total. The first-order chi connectivity index (χ1) is 7.14. The van der Waals surface area contributed by atoms with Crippen molar-refractivity contribution in [2.24, 2.45) is 5.73 Å². The van der Waals surface area contributed by atoms with E-state index in [1.165, 1.54) is 0 Å². The van der Waals surface area contributed by atoms with Crippen LogP contribution < -0.4 is 5.73 Å². The van der Waals surface area contributed by atoms with E-state index in [-0.39, 0.29) is 0 Å². The molecule has 0 saturated heterocycles. The molecule has 0 bridgehead atoms. The van der Waals surface area contributed by atoms with Crippen molar-refractivity contribution in [2.75, 3.05) is 5.75 Å². The van der Waals surface area contributed by atoms with Gasteiger partial charge < -0.3 is 5.73 Å². The maximum absolute atomic E-state index is 11.4. The molecule has 0 aliphatic rings. The van der Waals surface area contributed by atoms with E-state index >= 15 is 0 Å². The number of carbonyl (C=O) groups is 1. The first-order valence-corrected chi connectivity index (χ1v) is 7.47. The molecule has 6 nitrogen and oxygen atoms in total. The Morgan fingerprint density at radius 3 is 2.00 bits per heavy atom. The smallest absolute Gasteiger partial charge is 0.218 e. The SMILES string of the molecule is C=CS(=O)(=O)CC(CC(N)=O)S(=O)(=O)C=C. The van der Waals surface area contributed by atoms with Crippen molar-refractivity contribution in [2.45, 2.75) is 11.7 Å². The Labute approximate surface area is 94.7 Å². The van der Waals surface area contributed by atoms with Crippen molar-refractivity contribution in [1.82, 2.24) is 0 Å². The lowest BCUT2D eigenvalue weighted by Crippen LogP contribution is -2.32. The molecule has 0 fully saturated rings. The zero-order valence-corrected chi connectivity index (χ0v) is 10.1. The fraction of sp³-hybridized carbons (Fsp3) is 0.375. The first-order valence-electron chi connectivity index (χ1n) is 4.14. The average Bonchev–Trinajstić information content (AvgIpc) is 2.16. The summed E-state index contributed by atoms with van der Waals surface area (Å²) in [5, 5.41) is -0.163. The summed E-state index contributed by atoms with van der Waals surface area (Å²) >= 11 is 0. The van der Waals surface area contributed by atoms with Gasteiger partial charge in [0.25, 0.3) is 0 Å². The van der Waals surface area contributed by atoms with Gasteiger partial charge in [0.1, 0.15) is 0 Å². The van der Waals surface area contributed by atoms with Crippen LogP contribution in [0.5, 0.6) is 0 Å². The monoisotopic (exact) mass is 267 g/mol. The second-order valence-corrected chi connectivity index (χ2v) is 7.21. The number of carbonyl (C=O) groups excluding carboxylic acids is 1. The van der Waals surface area contributed by atoms with Crippen molar-refractivity contribution in [3.8, 4) is 0 Å². The van der Waals surface area contributed by atoms with Crippen LogP contribution in [-0.2, 0) is 24.5 Å². The predicted octanol–water partition coefficient (Wildman–Crippen LogP) is -0.653. The quantitative estimate of drug-likeness (QED) is 0.658. The summed E-state index contributed by atoms with van der Waals surface area (Å²) in [6, 6.07) is 0. The molecule has 0 spiro atoms. The molecule has 0 aliphatic heterocycles. The fourth-order valence-corrected chi connectivity index (χ4v) is 3.73. The van der Waals surface area contributed by atoms with Gasteiger partial charge in [0.2, 0.25) is 5.91 Å². The van der Waals surface area contributed by atoms with E-state index < -0.39 is 43.0 Å². The van der Waals surface area contributed by atoms with Crippen LogP contribution >= 0.6 is 0 Å². The summed E-state index contributed by atoms with van der Waals surface area (Å²) < 4.78 is 45.2. The number of primary amides is 1. The summed E-state index contributed by atoms with van der Waals surface area (Å²) in [4.78, 5) is 10.6. The van der Waals surface area contributed by atoms with Crippen LogP contribution in [0.15, 0.2) is 24.0 Å². The molecule has 0 rings (SSSR count). The largest absolute Gasteiger partial charge is 0.370 e. The molecular weight excluding hydrogens is 254 g/mol. The van der Waals surface area contributed by atoms with Gasteiger partial charge in [-0.05, 0) is 0 Å². The third-order valence-corrected chi connectivity index (χ3v) is 5.11. The van der Waals surface area contributed by atoms with Crippen LogP contribution in [0.3, 0.4) is 0 Å². The second-order valence-electron chi connectivity index (χ2n) is 3.04. The van der Waals surface area contributed by atoms with E-state index in [1.807, 2.05) is 0 Å². The number of hydrogen-bond donors (Lipinski definition) is 1. The van der Waals surface area contributed by atoms with E-state index in [0.717, 1.165) is 0 Å². The maximum atomic E-state index is 11.4. The lowest BCUT2D eigenvalue weighted by atomic mass is 10.3. The van der Waals surface area contributed by atoms with E-state index in [2.05, 4.69) is 13.2 Å². The number of sulfone groups is 2. The second kappa shape index (κ2) is 5.26. The molecule has 0 saturated carbocycles. The van der Waals surface area contributed by atoms with Crippen LogP contribution in [0.2, 0.25) is 0 Å². The lowest BCUT2D eigenvalue weighted by molar-refractivity contribution is -0.117. The summed E-state index contributed by atoms with van der Waals surface area (Å²) in [5.74, 6) is -1.62. The maximum Gasteiger partial charge on any atom is 0.218 e. The van der Waals surface area contributed by atoms with E-state index in [1.54, 1.807) is 0 Å². The summed E-state index contributed by atoms with van der Waals surface area (Å²) in [6.45, 7) is 6.10. The van der Waals surface area contributed by atoms with Gasteiger partial charge in [-0.1, -0.05) is 13.2 Å². The summed E-state index contributed by atoms with van der Waals surface area (Å²) in [7, 11) is -7.59. The minimum atomic E-state index is -3.86. The zero-order valence-electron chi connectivity index (χ0n) is 8.50. The molecule has 1 amide bonds. The van der Waals surface area contributed by atoms with Gasteiger partial charge in [-0.2, -0.15) is 0 Å². The van der Waals surface area contributed by atoms with Crippen molar-refractivity contribution in [3.63, 3.8) is 0 Å². The van der Waals surface area contributed by atoms with E-state index in [9.17, 15) is 21.6 Å². The number of rotatable bonds is 7. The molecule has 0 aromatic heterocycles. The molecule has 0 aliphatic carbocycles. The van der Waals surface area contributed by atoms with Gasteiger partial charge in [-0.25, -0.2) is 16.8 Å². The van der Waals surface area contributed by atoms with Gasteiger partial charge in [-0.15, -0.1) is 0 Å². The van der Waals surface area contributed by atoms with Crippen LogP contribution in [0, 0.1) is 0 Å². The number of amides is 1. The minimum absolute atomic E-state index is 0.568. The highest BCUT2D eigenvalue weighted by Crippen LogP contribution is 2.12.